The summed E-state index contributed by atoms with van der Waals surface area (Å²) in [6, 6.07) is 7.04. The van der Waals surface area contributed by atoms with Crippen LogP contribution in [0.1, 0.15) is 35.2 Å². The van der Waals surface area contributed by atoms with Gasteiger partial charge in [-0.15, -0.1) is 0 Å². The van der Waals surface area contributed by atoms with Crippen molar-refractivity contribution in [2.75, 3.05) is 6.54 Å². The molecule has 0 spiro atoms. The summed E-state index contributed by atoms with van der Waals surface area (Å²) >= 11 is 0. The van der Waals surface area contributed by atoms with Crippen LogP contribution in [-0.4, -0.2) is 16.3 Å². The van der Waals surface area contributed by atoms with Crippen LogP contribution < -0.4 is 5.32 Å². The molecule has 102 valence electrons. The predicted octanol–water partition coefficient (Wildman–Crippen LogP) is 3.16. The smallest absolute Gasteiger partial charge is 0.0604 e. The van der Waals surface area contributed by atoms with Crippen LogP contribution in [0.3, 0.4) is 0 Å². The standard InChI is InChI=1S/C16H23N3/c1-5-17-16(11-19-10-14(4)9-18-19)15-7-12(2)6-13(3)8-15/h6-10,16-17H,5,11H2,1-4H3. The molecule has 0 aliphatic carbocycles. The van der Waals surface area contributed by atoms with Crippen LogP contribution in [-0.2, 0) is 6.54 Å². The second-order valence-corrected chi connectivity index (χ2v) is 5.27. The first-order valence-electron chi connectivity index (χ1n) is 6.89. The lowest BCUT2D eigenvalue weighted by atomic mass is 10.0. The molecule has 0 saturated carbocycles. The van der Waals surface area contributed by atoms with E-state index in [0.717, 1.165) is 13.1 Å². The number of hydrogen-bond donors (Lipinski definition) is 1. The first-order valence-corrected chi connectivity index (χ1v) is 6.89. The van der Waals surface area contributed by atoms with Crippen molar-refractivity contribution in [1.82, 2.24) is 15.1 Å². The van der Waals surface area contributed by atoms with Crippen LogP contribution in [0.4, 0.5) is 0 Å². The van der Waals surface area contributed by atoms with E-state index >= 15 is 0 Å². The van der Waals surface area contributed by atoms with Crippen LogP contribution in [0.2, 0.25) is 0 Å². The van der Waals surface area contributed by atoms with Gasteiger partial charge in [-0.1, -0.05) is 36.2 Å². The summed E-state index contributed by atoms with van der Waals surface area (Å²) in [5, 5.41) is 7.94. The largest absolute Gasteiger partial charge is 0.309 e. The summed E-state index contributed by atoms with van der Waals surface area (Å²) < 4.78 is 2.01. The molecular weight excluding hydrogens is 234 g/mol. The number of likely N-dealkylation sites (N-methyl/N-ethyl adjacent to an activating group) is 1. The monoisotopic (exact) mass is 257 g/mol. The molecule has 3 nitrogen and oxygen atoms in total. The van der Waals surface area contributed by atoms with E-state index < -0.39 is 0 Å². The van der Waals surface area contributed by atoms with Crippen molar-refractivity contribution in [2.24, 2.45) is 0 Å². The fraction of sp³-hybridized carbons (Fsp3) is 0.438. The zero-order valence-electron chi connectivity index (χ0n) is 12.3. The maximum atomic E-state index is 4.38. The predicted molar refractivity (Wildman–Crippen MR) is 79.3 cm³/mol. The Hall–Kier alpha value is -1.61. The average Bonchev–Trinajstić information content (AvgIpc) is 2.73. The van der Waals surface area contributed by atoms with E-state index in [9.17, 15) is 0 Å². The first-order chi connectivity index (χ1) is 9.08. The second kappa shape index (κ2) is 6.02. The number of nitrogens with zero attached hydrogens (tertiary/aromatic N) is 2. The minimum absolute atomic E-state index is 0.308. The molecule has 0 aliphatic rings. The number of benzene rings is 1. The highest BCUT2D eigenvalue weighted by Gasteiger charge is 2.12. The summed E-state index contributed by atoms with van der Waals surface area (Å²) in [7, 11) is 0. The third-order valence-corrected chi connectivity index (χ3v) is 3.23. The summed E-state index contributed by atoms with van der Waals surface area (Å²) in [6.45, 7) is 10.3. The Kier molecular flexibility index (Phi) is 4.38. The van der Waals surface area contributed by atoms with Gasteiger partial charge < -0.3 is 5.32 Å². The molecule has 1 atom stereocenters. The highest BCUT2D eigenvalue weighted by atomic mass is 15.3. The average molecular weight is 257 g/mol. The Morgan fingerprint density at radius 1 is 1.11 bits per heavy atom. The summed E-state index contributed by atoms with van der Waals surface area (Å²) in [4.78, 5) is 0. The van der Waals surface area contributed by atoms with E-state index in [1.165, 1.54) is 22.3 Å². The summed E-state index contributed by atoms with van der Waals surface area (Å²) in [6.07, 6.45) is 4.00. The molecule has 0 fully saturated rings. The van der Waals surface area contributed by atoms with Crippen LogP contribution in [0.15, 0.2) is 30.6 Å². The lowest BCUT2D eigenvalue weighted by Crippen LogP contribution is -2.25. The minimum Gasteiger partial charge on any atom is -0.309 e. The van der Waals surface area contributed by atoms with Crippen molar-refractivity contribution in [3.05, 3.63) is 52.8 Å². The van der Waals surface area contributed by atoms with E-state index in [0.29, 0.717) is 6.04 Å². The number of aromatic nitrogens is 2. The van der Waals surface area contributed by atoms with E-state index in [1.807, 2.05) is 10.9 Å². The molecule has 1 aromatic carbocycles. The van der Waals surface area contributed by atoms with Crippen LogP contribution in [0, 0.1) is 20.8 Å². The molecular formula is C16H23N3. The zero-order chi connectivity index (χ0) is 13.8. The molecule has 0 radical (unpaired) electrons. The fourth-order valence-corrected chi connectivity index (χ4v) is 2.50. The second-order valence-electron chi connectivity index (χ2n) is 5.27. The zero-order valence-corrected chi connectivity index (χ0v) is 12.3. The Balaban J connectivity index is 2.23. The van der Waals surface area contributed by atoms with Gasteiger partial charge in [0.05, 0.1) is 18.8 Å². The van der Waals surface area contributed by atoms with E-state index in [4.69, 9.17) is 0 Å². The number of hydrogen-bond acceptors (Lipinski definition) is 2. The fourth-order valence-electron chi connectivity index (χ4n) is 2.50. The Morgan fingerprint density at radius 2 is 1.79 bits per heavy atom. The first kappa shape index (κ1) is 13.8. The number of rotatable bonds is 5. The molecule has 0 aliphatic heterocycles. The molecule has 1 unspecified atom stereocenters. The molecule has 19 heavy (non-hydrogen) atoms. The lowest BCUT2D eigenvalue weighted by molar-refractivity contribution is 0.447. The molecule has 0 saturated heterocycles. The van der Waals surface area contributed by atoms with Crippen molar-refractivity contribution in [3.8, 4) is 0 Å². The van der Waals surface area contributed by atoms with E-state index in [2.05, 4.69) is 62.5 Å². The number of nitrogens with one attached hydrogen (secondary N) is 1. The highest BCUT2D eigenvalue weighted by Crippen LogP contribution is 2.18. The van der Waals surface area contributed by atoms with Gasteiger partial charge in [-0.25, -0.2) is 0 Å². The third kappa shape index (κ3) is 3.67. The minimum atomic E-state index is 0.308. The quantitative estimate of drug-likeness (QED) is 0.891. The normalized spacial score (nSPS) is 12.6. The van der Waals surface area contributed by atoms with Gasteiger partial charge in [-0.05, 0) is 38.4 Å². The number of aryl methyl sites for hydroxylation is 3. The molecule has 2 rings (SSSR count). The highest BCUT2D eigenvalue weighted by molar-refractivity contribution is 5.30. The van der Waals surface area contributed by atoms with Crippen molar-refractivity contribution >= 4 is 0 Å². The van der Waals surface area contributed by atoms with Gasteiger partial charge in [0.1, 0.15) is 0 Å². The van der Waals surface area contributed by atoms with Gasteiger partial charge in [0.2, 0.25) is 0 Å². The van der Waals surface area contributed by atoms with E-state index in [1.54, 1.807) is 0 Å². The summed E-state index contributed by atoms with van der Waals surface area (Å²) in [5.74, 6) is 0. The topological polar surface area (TPSA) is 29.9 Å². The molecule has 2 aromatic rings. The van der Waals surface area contributed by atoms with Gasteiger partial charge >= 0.3 is 0 Å². The molecule has 1 heterocycles. The third-order valence-electron chi connectivity index (χ3n) is 3.23. The van der Waals surface area contributed by atoms with E-state index in [-0.39, 0.29) is 0 Å². The van der Waals surface area contributed by atoms with Crippen molar-refractivity contribution < 1.29 is 0 Å². The van der Waals surface area contributed by atoms with Crippen LogP contribution in [0.25, 0.3) is 0 Å². The van der Waals surface area contributed by atoms with Crippen LogP contribution >= 0.6 is 0 Å². The van der Waals surface area contributed by atoms with Gasteiger partial charge in [-0.2, -0.15) is 5.10 Å². The van der Waals surface area contributed by atoms with Crippen molar-refractivity contribution in [2.45, 2.75) is 40.3 Å². The lowest BCUT2D eigenvalue weighted by Gasteiger charge is -2.19. The SMILES string of the molecule is CCNC(Cn1cc(C)cn1)c1cc(C)cc(C)c1. The molecule has 1 aromatic heterocycles. The molecule has 3 heteroatoms. The van der Waals surface area contributed by atoms with Gasteiger partial charge in [0, 0.05) is 6.20 Å². The maximum Gasteiger partial charge on any atom is 0.0604 e. The van der Waals surface area contributed by atoms with Crippen LogP contribution in [0.5, 0.6) is 0 Å². The molecule has 0 amide bonds. The van der Waals surface area contributed by atoms with Gasteiger partial charge in [0.15, 0.2) is 0 Å². The Bertz CT molecular complexity index is 522. The van der Waals surface area contributed by atoms with Crippen molar-refractivity contribution in [3.63, 3.8) is 0 Å². The van der Waals surface area contributed by atoms with Crippen molar-refractivity contribution in [1.29, 1.82) is 0 Å². The van der Waals surface area contributed by atoms with Gasteiger partial charge in [-0.3, -0.25) is 4.68 Å². The molecule has 0 bridgehead atoms. The molecule has 1 N–H and O–H groups in total. The maximum absolute atomic E-state index is 4.38. The Morgan fingerprint density at radius 3 is 2.32 bits per heavy atom. The van der Waals surface area contributed by atoms with Gasteiger partial charge in [0.25, 0.3) is 0 Å². The Labute approximate surface area is 115 Å². The summed E-state index contributed by atoms with van der Waals surface area (Å²) in [5.41, 5.74) is 5.17.